The standard InChI is InChI=1S/C15H13N5O2/c1-20-9-11(6-18-20)15(22)19-12-7-16-14(17-8-12)10-3-2-4-13(21)5-10/h2-9,21H,1H3,(H,19,22). The Labute approximate surface area is 126 Å². The molecule has 3 aromatic rings. The molecule has 1 amide bonds. The maximum Gasteiger partial charge on any atom is 0.258 e. The molecule has 110 valence electrons. The average molecular weight is 295 g/mol. The molecule has 3 rings (SSSR count). The number of carbonyl (C=O) groups is 1. The van der Waals surface area contributed by atoms with Gasteiger partial charge in [-0.2, -0.15) is 5.10 Å². The van der Waals surface area contributed by atoms with Crippen LogP contribution in [-0.2, 0) is 7.05 Å². The van der Waals surface area contributed by atoms with Crippen molar-refractivity contribution in [3.8, 4) is 17.1 Å². The number of benzene rings is 1. The van der Waals surface area contributed by atoms with Crippen LogP contribution in [0, 0.1) is 0 Å². The van der Waals surface area contributed by atoms with Crippen LogP contribution < -0.4 is 5.32 Å². The van der Waals surface area contributed by atoms with E-state index in [0.717, 1.165) is 0 Å². The van der Waals surface area contributed by atoms with Crippen LogP contribution in [0.15, 0.2) is 49.1 Å². The van der Waals surface area contributed by atoms with Crippen LogP contribution in [0.3, 0.4) is 0 Å². The van der Waals surface area contributed by atoms with E-state index in [4.69, 9.17) is 0 Å². The third-order valence-electron chi connectivity index (χ3n) is 2.98. The summed E-state index contributed by atoms with van der Waals surface area (Å²) in [7, 11) is 1.74. The van der Waals surface area contributed by atoms with Crippen molar-refractivity contribution in [1.82, 2.24) is 19.7 Å². The number of phenolic OH excluding ortho intramolecular Hbond substituents is 1. The molecule has 0 saturated carbocycles. The first-order valence-corrected chi connectivity index (χ1v) is 6.53. The predicted molar refractivity (Wildman–Crippen MR) is 80.3 cm³/mol. The zero-order chi connectivity index (χ0) is 15.5. The number of hydrogen-bond acceptors (Lipinski definition) is 5. The number of nitrogens with one attached hydrogen (secondary N) is 1. The first kappa shape index (κ1) is 13.7. The molecule has 0 unspecified atom stereocenters. The van der Waals surface area contributed by atoms with E-state index in [2.05, 4.69) is 20.4 Å². The molecule has 2 N–H and O–H groups in total. The minimum atomic E-state index is -0.276. The van der Waals surface area contributed by atoms with E-state index in [9.17, 15) is 9.90 Å². The minimum absolute atomic E-state index is 0.148. The van der Waals surface area contributed by atoms with Crippen molar-refractivity contribution in [3.63, 3.8) is 0 Å². The molecule has 0 aliphatic heterocycles. The van der Waals surface area contributed by atoms with Gasteiger partial charge in [-0.25, -0.2) is 9.97 Å². The summed E-state index contributed by atoms with van der Waals surface area (Å²) >= 11 is 0. The highest BCUT2D eigenvalue weighted by Crippen LogP contribution is 2.20. The topological polar surface area (TPSA) is 92.9 Å². The van der Waals surface area contributed by atoms with Crippen molar-refractivity contribution in [2.24, 2.45) is 7.05 Å². The second kappa shape index (κ2) is 5.65. The monoisotopic (exact) mass is 295 g/mol. The van der Waals surface area contributed by atoms with Gasteiger partial charge in [-0.3, -0.25) is 9.48 Å². The Morgan fingerprint density at radius 1 is 1.23 bits per heavy atom. The molecule has 0 atom stereocenters. The van der Waals surface area contributed by atoms with E-state index >= 15 is 0 Å². The first-order valence-electron chi connectivity index (χ1n) is 6.53. The number of aromatic nitrogens is 4. The van der Waals surface area contributed by atoms with Gasteiger partial charge in [-0.15, -0.1) is 0 Å². The maximum atomic E-state index is 12.0. The van der Waals surface area contributed by atoms with E-state index in [1.807, 2.05) is 0 Å². The largest absolute Gasteiger partial charge is 0.508 e. The van der Waals surface area contributed by atoms with Gasteiger partial charge < -0.3 is 10.4 Å². The van der Waals surface area contributed by atoms with Crippen molar-refractivity contribution in [3.05, 3.63) is 54.6 Å². The molecule has 0 bridgehead atoms. The highest BCUT2D eigenvalue weighted by Gasteiger charge is 2.09. The number of aryl methyl sites for hydroxylation is 1. The summed E-state index contributed by atoms with van der Waals surface area (Å²) in [6.45, 7) is 0. The third kappa shape index (κ3) is 2.93. The SMILES string of the molecule is Cn1cc(C(=O)Nc2cnc(-c3cccc(O)c3)nc2)cn1. The van der Waals surface area contributed by atoms with Gasteiger partial charge in [-0.05, 0) is 12.1 Å². The Morgan fingerprint density at radius 2 is 2.00 bits per heavy atom. The Hall–Kier alpha value is -3.22. The lowest BCUT2D eigenvalue weighted by atomic mass is 10.2. The van der Waals surface area contributed by atoms with E-state index in [1.165, 1.54) is 18.6 Å². The molecule has 0 saturated heterocycles. The molecule has 0 radical (unpaired) electrons. The highest BCUT2D eigenvalue weighted by molar-refractivity contribution is 6.03. The Bertz CT molecular complexity index is 811. The number of anilines is 1. The maximum absolute atomic E-state index is 12.0. The zero-order valence-electron chi connectivity index (χ0n) is 11.8. The Kier molecular flexibility index (Phi) is 3.53. The Balaban J connectivity index is 1.76. The molecular weight excluding hydrogens is 282 g/mol. The highest BCUT2D eigenvalue weighted by atomic mass is 16.3. The van der Waals surface area contributed by atoms with Crippen LogP contribution in [0.4, 0.5) is 5.69 Å². The summed E-state index contributed by atoms with van der Waals surface area (Å²) in [5, 5.41) is 16.1. The van der Waals surface area contributed by atoms with Crippen molar-refractivity contribution in [2.75, 3.05) is 5.32 Å². The van der Waals surface area contributed by atoms with Crippen LogP contribution in [0.1, 0.15) is 10.4 Å². The number of amides is 1. The Morgan fingerprint density at radius 3 is 2.64 bits per heavy atom. The molecule has 0 fully saturated rings. The lowest BCUT2D eigenvalue weighted by Gasteiger charge is -2.04. The summed E-state index contributed by atoms with van der Waals surface area (Å²) in [4.78, 5) is 20.3. The molecule has 0 aliphatic carbocycles. The second-order valence-electron chi connectivity index (χ2n) is 4.70. The van der Waals surface area contributed by atoms with Crippen LogP contribution in [-0.4, -0.2) is 30.8 Å². The molecule has 2 aromatic heterocycles. The minimum Gasteiger partial charge on any atom is -0.508 e. The molecule has 0 spiro atoms. The molecule has 7 nitrogen and oxygen atoms in total. The molecule has 2 heterocycles. The smallest absolute Gasteiger partial charge is 0.258 e. The van der Waals surface area contributed by atoms with Crippen LogP contribution >= 0.6 is 0 Å². The lowest BCUT2D eigenvalue weighted by molar-refractivity contribution is 0.102. The van der Waals surface area contributed by atoms with Crippen molar-refractivity contribution in [2.45, 2.75) is 0 Å². The summed E-state index contributed by atoms with van der Waals surface area (Å²) in [5.41, 5.74) is 1.64. The van der Waals surface area contributed by atoms with Crippen molar-refractivity contribution >= 4 is 11.6 Å². The van der Waals surface area contributed by atoms with Gasteiger partial charge in [-0.1, -0.05) is 12.1 Å². The summed E-state index contributed by atoms with van der Waals surface area (Å²) in [6.07, 6.45) is 6.13. The van der Waals surface area contributed by atoms with Crippen LogP contribution in [0.2, 0.25) is 0 Å². The quantitative estimate of drug-likeness (QED) is 0.769. The van der Waals surface area contributed by atoms with E-state index in [0.29, 0.717) is 22.6 Å². The molecule has 1 aromatic carbocycles. The van der Waals surface area contributed by atoms with Gasteiger partial charge in [0, 0.05) is 18.8 Å². The van der Waals surface area contributed by atoms with Crippen molar-refractivity contribution < 1.29 is 9.90 Å². The molecular formula is C15H13N5O2. The fraction of sp³-hybridized carbons (Fsp3) is 0.0667. The fourth-order valence-electron chi connectivity index (χ4n) is 1.93. The third-order valence-corrected chi connectivity index (χ3v) is 2.98. The zero-order valence-corrected chi connectivity index (χ0v) is 11.8. The van der Waals surface area contributed by atoms with Crippen LogP contribution in [0.25, 0.3) is 11.4 Å². The first-order chi connectivity index (χ1) is 10.6. The number of carbonyl (C=O) groups excluding carboxylic acids is 1. The molecule has 0 aliphatic rings. The summed E-state index contributed by atoms with van der Waals surface area (Å²) in [5.74, 6) is 0.340. The summed E-state index contributed by atoms with van der Waals surface area (Å²) < 4.78 is 1.55. The van der Waals surface area contributed by atoms with Crippen LogP contribution in [0.5, 0.6) is 5.75 Å². The lowest BCUT2D eigenvalue weighted by Crippen LogP contribution is -2.11. The number of phenols is 1. The van der Waals surface area contributed by atoms with E-state index in [1.54, 1.807) is 42.2 Å². The molecule has 22 heavy (non-hydrogen) atoms. The summed E-state index contributed by atoms with van der Waals surface area (Å²) in [6, 6.07) is 6.66. The number of hydrogen-bond donors (Lipinski definition) is 2. The number of nitrogens with zero attached hydrogens (tertiary/aromatic N) is 4. The van der Waals surface area contributed by atoms with E-state index < -0.39 is 0 Å². The van der Waals surface area contributed by atoms with Gasteiger partial charge in [0.2, 0.25) is 0 Å². The number of rotatable bonds is 3. The van der Waals surface area contributed by atoms with Crippen molar-refractivity contribution in [1.29, 1.82) is 0 Å². The predicted octanol–water partition coefficient (Wildman–Crippen LogP) is 1.83. The van der Waals surface area contributed by atoms with Gasteiger partial charge in [0.1, 0.15) is 5.75 Å². The normalized spacial score (nSPS) is 10.4. The van der Waals surface area contributed by atoms with Gasteiger partial charge in [0.15, 0.2) is 5.82 Å². The van der Waals surface area contributed by atoms with Gasteiger partial charge >= 0.3 is 0 Å². The van der Waals surface area contributed by atoms with Gasteiger partial charge in [0.05, 0.1) is 29.8 Å². The average Bonchev–Trinajstić information content (AvgIpc) is 2.95. The molecule has 7 heteroatoms. The van der Waals surface area contributed by atoms with Gasteiger partial charge in [0.25, 0.3) is 5.91 Å². The van der Waals surface area contributed by atoms with E-state index in [-0.39, 0.29) is 11.7 Å². The second-order valence-corrected chi connectivity index (χ2v) is 4.70. The number of aromatic hydroxyl groups is 1. The fourth-order valence-corrected chi connectivity index (χ4v) is 1.93.